The summed E-state index contributed by atoms with van der Waals surface area (Å²) < 4.78 is 5.78. The van der Waals surface area contributed by atoms with Crippen LogP contribution in [0.3, 0.4) is 0 Å². The van der Waals surface area contributed by atoms with E-state index < -0.39 is 0 Å². The zero-order valence-electron chi connectivity index (χ0n) is 14.4. The Balaban J connectivity index is 1.73. The molecule has 0 saturated carbocycles. The van der Waals surface area contributed by atoms with E-state index in [4.69, 9.17) is 4.74 Å². The second kappa shape index (κ2) is 6.98. The van der Waals surface area contributed by atoms with Crippen LogP contribution in [0.1, 0.15) is 39.2 Å². The van der Waals surface area contributed by atoms with Gasteiger partial charge in [-0.05, 0) is 44.7 Å². The van der Waals surface area contributed by atoms with Gasteiger partial charge in [0.2, 0.25) is 0 Å². The second-order valence-electron chi connectivity index (χ2n) is 7.16. The first-order chi connectivity index (χ1) is 11.1. The summed E-state index contributed by atoms with van der Waals surface area (Å²) in [5, 5.41) is 0. The summed E-state index contributed by atoms with van der Waals surface area (Å²) in [7, 11) is 0. The van der Waals surface area contributed by atoms with Crippen molar-refractivity contribution in [3.05, 3.63) is 47.0 Å². The highest BCUT2D eigenvalue weighted by Crippen LogP contribution is 2.34. The summed E-state index contributed by atoms with van der Waals surface area (Å²) in [6, 6.07) is 11.3. The van der Waals surface area contributed by atoms with Gasteiger partial charge in [-0.1, -0.05) is 35.9 Å². The number of carbonyl (C=O) groups is 1. The highest BCUT2D eigenvalue weighted by Gasteiger charge is 2.41. The zero-order chi connectivity index (χ0) is 16.4. The molecule has 23 heavy (non-hydrogen) atoms. The maximum atomic E-state index is 12.7. The summed E-state index contributed by atoms with van der Waals surface area (Å²) in [5.41, 5.74) is 3.43. The van der Waals surface area contributed by atoms with Gasteiger partial charge in [-0.25, -0.2) is 0 Å². The van der Waals surface area contributed by atoms with Gasteiger partial charge in [0.05, 0.1) is 13.2 Å². The van der Waals surface area contributed by atoms with E-state index in [0.29, 0.717) is 17.9 Å². The number of allylic oxidation sites excluding steroid dienone is 2. The first-order valence-corrected chi connectivity index (χ1v) is 8.62. The average molecular weight is 313 g/mol. The van der Waals surface area contributed by atoms with Crippen molar-refractivity contribution in [1.82, 2.24) is 4.90 Å². The van der Waals surface area contributed by atoms with Crippen molar-refractivity contribution in [1.29, 1.82) is 0 Å². The number of carbonyl (C=O) groups excluding carboxylic acids is 1. The van der Waals surface area contributed by atoms with Crippen molar-refractivity contribution >= 4 is 5.78 Å². The molecule has 0 spiro atoms. The fraction of sp³-hybridized carbons (Fsp3) is 0.550. The van der Waals surface area contributed by atoms with Crippen LogP contribution in [-0.2, 0) is 16.1 Å². The van der Waals surface area contributed by atoms with Crippen LogP contribution in [0.4, 0.5) is 0 Å². The molecule has 3 nitrogen and oxygen atoms in total. The Hall–Kier alpha value is -1.45. The first kappa shape index (κ1) is 16.4. The number of morpholine rings is 1. The predicted octanol–water partition coefficient (Wildman–Crippen LogP) is 3.59. The molecule has 3 heteroatoms. The van der Waals surface area contributed by atoms with E-state index in [1.807, 2.05) is 20.8 Å². The Kier molecular flexibility index (Phi) is 4.98. The number of benzene rings is 1. The summed E-state index contributed by atoms with van der Waals surface area (Å²) in [6.07, 6.45) is 1.85. The Labute approximate surface area is 139 Å². The molecule has 2 fully saturated rings. The van der Waals surface area contributed by atoms with E-state index in [-0.39, 0.29) is 5.92 Å². The number of rotatable bonds is 4. The summed E-state index contributed by atoms with van der Waals surface area (Å²) in [6.45, 7) is 8.49. The molecule has 2 unspecified atom stereocenters. The Morgan fingerprint density at radius 3 is 2.26 bits per heavy atom. The molecular weight excluding hydrogens is 286 g/mol. The van der Waals surface area contributed by atoms with Crippen LogP contribution in [-0.4, -0.2) is 36.0 Å². The summed E-state index contributed by atoms with van der Waals surface area (Å²) in [5.74, 6) is 0.511. The molecule has 0 aromatic heterocycles. The van der Waals surface area contributed by atoms with Gasteiger partial charge >= 0.3 is 0 Å². The van der Waals surface area contributed by atoms with E-state index in [0.717, 1.165) is 43.7 Å². The van der Waals surface area contributed by atoms with Crippen LogP contribution >= 0.6 is 0 Å². The number of hydrogen-bond donors (Lipinski definition) is 0. The van der Waals surface area contributed by atoms with E-state index in [1.54, 1.807) is 0 Å². The van der Waals surface area contributed by atoms with Crippen LogP contribution in [0.5, 0.6) is 0 Å². The Morgan fingerprint density at radius 1 is 1.09 bits per heavy atom. The molecule has 2 aliphatic rings. The van der Waals surface area contributed by atoms with E-state index >= 15 is 0 Å². The van der Waals surface area contributed by atoms with Crippen molar-refractivity contribution in [2.75, 3.05) is 13.2 Å². The van der Waals surface area contributed by atoms with Gasteiger partial charge < -0.3 is 4.74 Å². The third kappa shape index (κ3) is 3.56. The highest BCUT2D eigenvalue weighted by molar-refractivity contribution is 5.97. The normalized spacial score (nSPS) is 27.5. The quantitative estimate of drug-likeness (QED) is 0.796. The predicted molar refractivity (Wildman–Crippen MR) is 92.2 cm³/mol. The highest BCUT2D eigenvalue weighted by atomic mass is 16.5. The lowest BCUT2D eigenvalue weighted by Gasteiger charge is -2.48. The number of ketones is 1. The van der Waals surface area contributed by atoms with Crippen LogP contribution in [0, 0.1) is 5.92 Å². The number of hydrogen-bond acceptors (Lipinski definition) is 3. The molecule has 2 bridgehead atoms. The lowest BCUT2D eigenvalue weighted by Crippen LogP contribution is -2.57. The van der Waals surface area contributed by atoms with E-state index in [1.165, 1.54) is 5.56 Å². The molecule has 124 valence electrons. The van der Waals surface area contributed by atoms with Gasteiger partial charge in [0.1, 0.15) is 0 Å². The fourth-order valence-electron chi connectivity index (χ4n) is 3.81. The number of piperidine rings is 1. The van der Waals surface area contributed by atoms with Crippen molar-refractivity contribution < 1.29 is 9.53 Å². The number of fused-ring (bicyclic) bond motifs is 2. The van der Waals surface area contributed by atoms with Gasteiger partial charge in [0.25, 0.3) is 0 Å². The molecule has 0 amide bonds. The van der Waals surface area contributed by atoms with Crippen LogP contribution in [0.2, 0.25) is 0 Å². The third-order valence-electron chi connectivity index (χ3n) is 5.37. The molecule has 0 radical (unpaired) electrons. The fourth-order valence-corrected chi connectivity index (χ4v) is 3.81. The van der Waals surface area contributed by atoms with Gasteiger partial charge in [-0.3, -0.25) is 9.69 Å². The smallest absolute Gasteiger partial charge is 0.161 e. The number of Topliss-reactive ketones (excluding diaryl/α,β-unsaturated/α-hetero) is 1. The molecule has 2 heterocycles. The van der Waals surface area contributed by atoms with Crippen molar-refractivity contribution in [3.8, 4) is 0 Å². The average Bonchev–Trinajstić information content (AvgIpc) is 2.54. The van der Waals surface area contributed by atoms with Crippen molar-refractivity contribution in [2.45, 2.75) is 52.2 Å². The van der Waals surface area contributed by atoms with E-state index in [9.17, 15) is 4.79 Å². The SMILES string of the molecule is CC(C)=C(C)C(=O)C1CC2COCC(C1)N2Cc1ccccc1. The van der Waals surface area contributed by atoms with Crippen LogP contribution in [0.25, 0.3) is 0 Å². The minimum absolute atomic E-state index is 0.163. The molecule has 2 saturated heterocycles. The van der Waals surface area contributed by atoms with Crippen molar-refractivity contribution in [3.63, 3.8) is 0 Å². The van der Waals surface area contributed by atoms with Gasteiger partial charge in [0.15, 0.2) is 5.78 Å². The maximum absolute atomic E-state index is 12.7. The lowest BCUT2D eigenvalue weighted by molar-refractivity contribution is -0.130. The largest absolute Gasteiger partial charge is 0.378 e. The molecule has 2 aliphatic heterocycles. The minimum Gasteiger partial charge on any atom is -0.378 e. The Morgan fingerprint density at radius 2 is 1.70 bits per heavy atom. The van der Waals surface area contributed by atoms with Crippen molar-refractivity contribution in [2.24, 2.45) is 5.92 Å². The molecule has 0 N–H and O–H groups in total. The minimum atomic E-state index is 0.163. The third-order valence-corrected chi connectivity index (χ3v) is 5.37. The summed E-state index contributed by atoms with van der Waals surface area (Å²) >= 11 is 0. The van der Waals surface area contributed by atoms with Crippen LogP contribution < -0.4 is 0 Å². The lowest BCUT2D eigenvalue weighted by atomic mass is 9.80. The molecule has 0 aliphatic carbocycles. The van der Waals surface area contributed by atoms with Gasteiger partial charge in [0, 0.05) is 24.5 Å². The zero-order valence-corrected chi connectivity index (χ0v) is 14.4. The van der Waals surface area contributed by atoms with E-state index in [2.05, 4.69) is 35.2 Å². The Bertz CT molecular complexity index is 575. The number of ether oxygens (including phenoxy) is 1. The van der Waals surface area contributed by atoms with Crippen LogP contribution in [0.15, 0.2) is 41.5 Å². The summed E-state index contributed by atoms with van der Waals surface area (Å²) in [4.78, 5) is 15.3. The topological polar surface area (TPSA) is 29.5 Å². The monoisotopic (exact) mass is 313 g/mol. The standard InChI is InChI=1S/C20H27NO2/c1-14(2)15(3)20(22)17-9-18-12-23-13-19(10-17)21(18)11-16-7-5-4-6-8-16/h4-8,17-19H,9-13H2,1-3H3. The molecule has 1 aromatic rings. The second-order valence-corrected chi connectivity index (χ2v) is 7.16. The molecule has 1 aromatic carbocycles. The maximum Gasteiger partial charge on any atom is 0.161 e. The molecule has 2 atom stereocenters. The number of nitrogens with zero attached hydrogens (tertiary/aromatic N) is 1. The first-order valence-electron chi connectivity index (χ1n) is 8.62. The van der Waals surface area contributed by atoms with Gasteiger partial charge in [-0.15, -0.1) is 0 Å². The van der Waals surface area contributed by atoms with Gasteiger partial charge in [-0.2, -0.15) is 0 Å². The molecular formula is C20H27NO2. The molecule has 3 rings (SSSR count).